The number of anilines is 1. The molecule has 0 saturated heterocycles. The second-order valence-corrected chi connectivity index (χ2v) is 5.41. The van der Waals surface area contributed by atoms with Crippen molar-refractivity contribution >= 4 is 15.7 Å². The molecule has 0 aliphatic heterocycles. The molecular formula is C12H11FN2O2S. The van der Waals surface area contributed by atoms with Crippen molar-refractivity contribution in [1.82, 2.24) is 4.98 Å². The van der Waals surface area contributed by atoms with Gasteiger partial charge in [-0.2, -0.15) is 0 Å². The van der Waals surface area contributed by atoms with E-state index in [1.165, 1.54) is 24.5 Å². The zero-order valence-corrected chi connectivity index (χ0v) is 10.4. The van der Waals surface area contributed by atoms with Crippen LogP contribution in [-0.4, -0.2) is 13.4 Å². The van der Waals surface area contributed by atoms with E-state index in [1.54, 1.807) is 19.1 Å². The second-order valence-electron chi connectivity index (χ2n) is 3.76. The number of halogens is 1. The Morgan fingerprint density at radius 1 is 1.28 bits per heavy atom. The van der Waals surface area contributed by atoms with Crippen LogP contribution in [0.1, 0.15) is 5.56 Å². The van der Waals surface area contributed by atoms with E-state index in [4.69, 9.17) is 0 Å². The molecule has 0 aliphatic carbocycles. The number of rotatable bonds is 3. The van der Waals surface area contributed by atoms with Crippen molar-refractivity contribution in [2.45, 2.75) is 11.8 Å². The molecule has 0 aliphatic rings. The number of aromatic nitrogens is 1. The average molecular weight is 266 g/mol. The van der Waals surface area contributed by atoms with Crippen molar-refractivity contribution in [2.75, 3.05) is 4.72 Å². The number of benzene rings is 1. The predicted octanol–water partition coefficient (Wildman–Crippen LogP) is 2.33. The Labute approximate surface area is 105 Å². The number of sulfonamides is 1. The minimum atomic E-state index is -3.80. The zero-order chi connectivity index (χ0) is 13.2. The lowest BCUT2D eigenvalue weighted by atomic mass is 10.2. The number of pyridine rings is 1. The minimum absolute atomic E-state index is 0.0775. The van der Waals surface area contributed by atoms with Crippen molar-refractivity contribution in [1.29, 1.82) is 0 Å². The van der Waals surface area contributed by atoms with Crippen LogP contribution in [0.2, 0.25) is 0 Å². The highest BCUT2D eigenvalue weighted by Gasteiger charge is 2.17. The zero-order valence-electron chi connectivity index (χ0n) is 9.59. The van der Waals surface area contributed by atoms with E-state index in [2.05, 4.69) is 9.71 Å². The van der Waals surface area contributed by atoms with Crippen molar-refractivity contribution in [3.8, 4) is 0 Å². The molecule has 0 fully saturated rings. The SMILES string of the molecule is Cc1ccc(F)cc1S(=O)(=O)Nc1cccnc1. The lowest BCUT2D eigenvalue weighted by Gasteiger charge is -2.09. The van der Waals surface area contributed by atoms with E-state index in [-0.39, 0.29) is 4.90 Å². The van der Waals surface area contributed by atoms with Gasteiger partial charge in [-0.25, -0.2) is 12.8 Å². The Morgan fingerprint density at radius 3 is 2.72 bits per heavy atom. The monoisotopic (exact) mass is 266 g/mol. The highest BCUT2D eigenvalue weighted by Crippen LogP contribution is 2.19. The summed E-state index contributed by atoms with van der Waals surface area (Å²) in [5.74, 6) is -0.591. The summed E-state index contributed by atoms with van der Waals surface area (Å²) in [6.45, 7) is 1.61. The average Bonchev–Trinajstić information content (AvgIpc) is 2.33. The van der Waals surface area contributed by atoms with Crippen LogP contribution in [0.4, 0.5) is 10.1 Å². The predicted molar refractivity (Wildman–Crippen MR) is 66.2 cm³/mol. The van der Waals surface area contributed by atoms with Crippen LogP contribution in [0.15, 0.2) is 47.6 Å². The normalized spacial score (nSPS) is 11.2. The maximum Gasteiger partial charge on any atom is 0.262 e. The fraction of sp³-hybridized carbons (Fsp3) is 0.0833. The summed E-state index contributed by atoms with van der Waals surface area (Å²) in [4.78, 5) is 3.72. The van der Waals surface area contributed by atoms with E-state index in [9.17, 15) is 12.8 Å². The van der Waals surface area contributed by atoms with Crippen LogP contribution in [0.25, 0.3) is 0 Å². The fourth-order valence-electron chi connectivity index (χ4n) is 1.50. The summed E-state index contributed by atoms with van der Waals surface area (Å²) >= 11 is 0. The molecule has 1 aromatic carbocycles. The minimum Gasteiger partial charge on any atom is -0.278 e. The van der Waals surface area contributed by atoms with Gasteiger partial charge in [-0.1, -0.05) is 6.07 Å². The fourth-order valence-corrected chi connectivity index (χ4v) is 2.80. The molecular weight excluding hydrogens is 255 g/mol. The summed E-state index contributed by atoms with van der Waals surface area (Å²) in [6, 6.07) is 6.81. The summed E-state index contributed by atoms with van der Waals surface area (Å²) in [5, 5.41) is 0. The van der Waals surface area contributed by atoms with Crippen LogP contribution >= 0.6 is 0 Å². The van der Waals surface area contributed by atoms with Gasteiger partial charge in [0.25, 0.3) is 10.0 Å². The summed E-state index contributed by atoms with van der Waals surface area (Å²) < 4.78 is 39.6. The topological polar surface area (TPSA) is 59.1 Å². The van der Waals surface area contributed by atoms with E-state index in [0.29, 0.717) is 11.3 Å². The van der Waals surface area contributed by atoms with Gasteiger partial charge in [-0.15, -0.1) is 0 Å². The molecule has 1 aromatic heterocycles. The number of hydrogen-bond acceptors (Lipinski definition) is 3. The lowest BCUT2D eigenvalue weighted by molar-refractivity contribution is 0.594. The Bertz CT molecular complexity index is 657. The van der Waals surface area contributed by atoms with Crippen molar-refractivity contribution < 1.29 is 12.8 Å². The first kappa shape index (κ1) is 12.5. The smallest absolute Gasteiger partial charge is 0.262 e. The Balaban J connectivity index is 2.40. The molecule has 0 amide bonds. The summed E-state index contributed by atoms with van der Waals surface area (Å²) in [6.07, 6.45) is 2.91. The molecule has 2 rings (SSSR count). The second kappa shape index (κ2) is 4.73. The van der Waals surface area contributed by atoms with Crippen LogP contribution in [-0.2, 0) is 10.0 Å². The highest BCUT2D eigenvalue weighted by molar-refractivity contribution is 7.92. The molecule has 94 valence electrons. The first-order valence-electron chi connectivity index (χ1n) is 5.18. The maximum absolute atomic E-state index is 13.1. The molecule has 1 N–H and O–H groups in total. The number of nitrogens with zero attached hydrogens (tertiary/aromatic N) is 1. The Hall–Kier alpha value is -1.95. The molecule has 18 heavy (non-hydrogen) atoms. The Morgan fingerprint density at radius 2 is 2.06 bits per heavy atom. The molecule has 0 spiro atoms. The van der Waals surface area contributed by atoms with Crippen LogP contribution in [0.3, 0.4) is 0 Å². The highest BCUT2D eigenvalue weighted by atomic mass is 32.2. The Kier molecular flexibility index (Phi) is 3.29. The maximum atomic E-state index is 13.1. The lowest BCUT2D eigenvalue weighted by Crippen LogP contribution is -2.14. The van der Waals surface area contributed by atoms with Gasteiger partial charge in [0.1, 0.15) is 5.82 Å². The molecule has 6 heteroatoms. The summed E-state index contributed by atoms with van der Waals surface area (Å²) in [5.41, 5.74) is 0.814. The van der Waals surface area contributed by atoms with Crippen molar-refractivity contribution in [2.24, 2.45) is 0 Å². The summed E-state index contributed by atoms with van der Waals surface area (Å²) in [7, 11) is -3.80. The largest absolute Gasteiger partial charge is 0.278 e. The van der Waals surface area contributed by atoms with E-state index in [0.717, 1.165) is 6.07 Å². The molecule has 1 heterocycles. The quantitative estimate of drug-likeness (QED) is 0.927. The van der Waals surface area contributed by atoms with Gasteiger partial charge in [-0.3, -0.25) is 9.71 Å². The van der Waals surface area contributed by atoms with E-state index < -0.39 is 15.8 Å². The van der Waals surface area contributed by atoms with Crippen LogP contribution in [0, 0.1) is 12.7 Å². The molecule has 0 atom stereocenters. The number of hydrogen-bond donors (Lipinski definition) is 1. The van der Waals surface area contributed by atoms with Gasteiger partial charge in [0.05, 0.1) is 16.8 Å². The van der Waals surface area contributed by atoms with Crippen molar-refractivity contribution in [3.05, 3.63) is 54.1 Å². The van der Waals surface area contributed by atoms with Gasteiger partial charge >= 0.3 is 0 Å². The molecule has 4 nitrogen and oxygen atoms in total. The third-order valence-corrected chi connectivity index (χ3v) is 3.88. The van der Waals surface area contributed by atoms with Crippen LogP contribution in [0.5, 0.6) is 0 Å². The molecule has 0 bridgehead atoms. The van der Waals surface area contributed by atoms with Gasteiger partial charge in [0.2, 0.25) is 0 Å². The number of nitrogens with one attached hydrogen (secondary N) is 1. The molecule has 2 aromatic rings. The van der Waals surface area contributed by atoms with E-state index in [1.807, 2.05) is 0 Å². The standard InChI is InChI=1S/C12H11FN2O2S/c1-9-4-5-10(13)7-12(9)18(16,17)15-11-3-2-6-14-8-11/h2-8,15H,1H3. The van der Waals surface area contributed by atoms with Crippen LogP contribution < -0.4 is 4.72 Å². The third-order valence-electron chi connectivity index (χ3n) is 2.35. The van der Waals surface area contributed by atoms with E-state index >= 15 is 0 Å². The van der Waals surface area contributed by atoms with Gasteiger partial charge in [0, 0.05) is 6.20 Å². The third kappa shape index (κ3) is 2.65. The first-order valence-corrected chi connectivity index (χ1v) is 6.66. The van der Waals surface area contributed by atoms with Gasteiger partial charge in [-0.05, 0) is 36.8 Å². The molecule has 0 radical (unpaired) electrons. The van der Waals surface area contributed by atoms with Crippen molar-refractivity contribution in [3.63, 3.8) is 0 Å². The van der Waals surface area contributed by atoms with Gasteiger partial charge < -0.3 is 0 Å². The molecule has 0 saturated carbocycles. The van der Waals surface area contributed by atoms with Gasteiger partial charge in [0.15, 0.2) is 0 Å². The molecule has 0 unspecified atom stereocenters. The number of aryl methyl sites for hydroxylation is 1. The first-order chi connectivity index (χ1) is 8.49.